The van der Waals surface area contributed by atoms with Crippen LogP contribution in [0.2, 0.25) is 0 Å². The number of methoxy groups -OCH3 is 1. The van der Waals surface area contributed by atoms with Crippen LogP contribution < -0.4 is 4.74 Å². The molecule has 0 aliphatic carbocycles. The summed E-state index contributed by atoms with van der Waals surface area (Å²) in [7, 11) is 1.55. The highest BCUT2D eigenvalue weighted by atomic mass is 16.5. The Morgan fingerprint density at radius 3 is 2.64 bits per heavy atom. The van der Waals surface area contributed by atoms with Gasteiger partial charge in [0.15, 0.2) is 11.3 Å². The molecule has 1 aromatic heterocycles. The molecule has 5 heteroatoms. The van der Waals surface area contributed by atoms with Gasteiger partial charge in [-0.2, -0.15) is 5.26 Å². The standard InChI is InChI=1S/C17H12N2O3/c1-21-16-7-12(10-19-20)6-14-8-15(22-17(14)16)13-4-2-11(9-18)3-5-13/h2-8,10,20H,1H3/b19-10+. The van der Waals surface area contributed by atoms with Crippen LogP contribution in [-0.2, 0) is 0 Å². The molecule has 0 bridgehead atoms. The average Bonchev–Trinajstić information content (AvgIpc) is 2.98. The summed E-state index contributed by atoms with van der Waals surface area (Å²) in [6.07, 6.45) is 1.33. The fraction of sp³-hybridized carbons (Fsp3) is 0.0588. The Kier molecular flexibility index (Phi) is 3.50. The van der Waals surface area contributed by atoms with Crippen molar-refractivity contribution in [2.45, 2.75) is 0 Å². The lowest BCUT2D eigenvalue weighted by Crippen LogP contribution is -1.87. The molecule has 0 saturated heterocycles. The van der Waals surface area contributed by atoms with Crippen LogP contribution in [0.1, 0.15) is 11.1 Å². The zero-order valence-electron chi connectivity index (χ0n) is 11.8. The molecule has 2 aromatic carbocycles. The van der Waals surface area contributed by atoms with E-state index in [2.05, 4.69) is 11.2 Å². The number of rotatable bonds is 3. The summed E-state index contributed by atoms with van der Waals surface area (Å²) >= 11 is 0. The van der Waals surface area contributed by atoms with Crippen LogP contribution in [0.5, 0.6) is 5.75 Å². The van der Waals surface area contributed by atoms with E-state index in [9.17, 15) is 0 Å². The second kappa shape index (κ2) is 5.62. The summed E-state index contributed by atoms with van der Waals surface area (Å²) in [6.45, 7) is 0. The number of oxime groups is 1. The number of hydrogen-bond acceptors (Lipinski definition) is 5. The Labute approximate surface area is 126 Å². The molecule has 0 aliphatic rings. The van der Waals surface area contributed by atoms with E-state index in [-0.39, 0.29) is 0 Å². The summed E-state index contributed by atoms with van der Waals surface area (Å²) < 4.78 is 11.2. The molecule has 0 aliphatic heterocycles. The van der Waals surface area contributed by atoms with Gasteiger partial charge in [0.1, 0.15) is 5.76 Å². The van der Waals surface area contributed by atoms with E-state index in [1.807, 2.05) is 24.3 Å². The van der Waals surface area contributed by atoms with Crippen molar-refractivity contribution < 1.29 is 14.4 Å². The second-order valence-corrected chi connectivity index (χ2v) is 4.69. The minimum absolute atomic E-state index is 0.562. The molecule has 3 aromatic rings. The van der Waals surface area contributed by atoms with Gasteiger partial charge in [-0.3, -0.25) is 0 Å². The van der Waals surface area contributed by atoms with E-state index < -0.39 is 0 Å². The summed E-state index contributed by atoms with van der Waals surface area (Å²) in [5.74, 6) is 1.24. The third kappa shape index (κ3) is 2.38. The summed E-state index contributed by atoms with van der Waals surface area (Å²) in [5, 5.41) is 21.4. The van der Waals surface area contributed by atoms with Crippen LogP contribution in [0, 0.1) is 11.3 Å². The van der Waals surface area contributed by atoms with Gasteiger partial charge in [-0.25, -0.2) is 0 Å². The van der Waals surface area contributed by atoms with Crippen LogP contribution in [0.4, 0.5) is 0 Å². The number of hydrogen-bond donors (Lipinski definition) is 1. The first-order valence-electron chi connectivity index (χ1n) is 6.54. The number of benzene rings is 2. The van der Waals surface area contributed by atoms with E-state index in [1.165, 1.54) is 6.21 Å². The van der Waals surface area contributed by atoms with Crippen LogP contribution in [-0.4, -0.2) is 18.5 Å². The molecule has 22 heavy (non-hydrogen) atoms. The minimum atomic E-state index is 0.562. The maximum atomic E-state index is 8.84. The number of nitriles is 1. The van der Waals surface area contributed by atoms with Gasteiger partial charge in [-0.1, -0.05) is 5.16 Å². The van der Waals surface area contributed by atoms with Crippen LogP contribution >= 0.6 is 0 Å². The van der Waals surface area contributed by atoms with E-state index in [1.54, 1.807) is 25.3 Å². The zero-order chi connectivity index (χ0) is 15.5. The summed E-state index contributed by atoms with van der Waals surface area (Å²) in [5.41, 5.74) is 2.80. The van der Waals surface area contributed by atoms with Gasteiger partial charge in [0.25, 0.3) is 0 Å². The monoisotopic (exact) mass is 292 g/mol. The quantitative estimate of drug-likeness (QED) is 0.452. The molecule has 5 nitrogen and oxygen atoms in total. The fourth-order valence-corrected chi connectivity index (χ4v) is 2.29. The first-order chi connectivity index (χ1) is 10.7. The molecule has 0 radical (unpaired) electrons. The number of furan rings is 1. The number of nitrogens with zero attached hydrogens (tertiary/aromatic N) is 2. The second-order valence-electron chi connectivity index (χ2n) is 4.69. The minimum Gasteiger partial charge on any atom is -0.493 e. The van der Waals surface area contributed by atoms with Gasteiger partial charge < -0.3 is 14.4 Å². The normalized spacial score (nSPS) is 10.9. The van der Waals surface area contributed by atoms with Gasteiger partial charge in [-0.05, 0) is 42.5 Å². The summed E-state index contributed by atoms with van der Waals surface area (Å²) in [4.78, 5) is 0. The topological polar surface area (TPSA) is 78.8 Å². The van der Waals surface area contributed by atoms with Crippen molar-refractivity contribution in [1.29, 1.82) is 5.26 Å². The number of ether oxygens (including phenoxy) is 1. The van der Waals surface area contributed by atoms with Gasteiger partial charge in [0, 0.05) is 16.5 Å². The molecular weight excluding hydrogens is 280 g/mol. The Morgan fingerprint density at radius 2 is 2.00 bits per heavy atom. The first-order valence-corrected chi connectivity index (χ1v) is 6.54. The van der Waals surface area contributed by atoms with E-state index in [4.69, 9.17) is 19.6 Å². The maximum Gasteiger partial charge on any atom is 0.176 e. The lowest BCUT2D eigenvalue weighted by atomic mass is 10.1. The van der Waals surface area contributed by atoms with Crippen molar-refractivity contribution >= 4 is 17.2 Å². The largest absolute Gasteiger partial charge is 0.493 e. The third-order valence-corrected chi connectivity index (χ3v) is 3.33. The molecule has 0 unspecified atom stereocenters. The first kappa shape index (κ1) is 13.7. The van der Waals surface area contributed by atoms with Crippen molar-refractivity contribution in [3.8, 4) is 23.1 Å². The van der Waals surface area contributed by atoms with E-state index in [0.29, 0.717) is 28.2 Å². The maximum absolute atomic E-state index is 8.84. The molecule has 0 saturated carbocycles. The lowest BCUT2D eigenvalue weighted by molar-refractivity contribution is 0.322. The highest BCUT2D eigenvalue weighted by molar-refractivity contribution is 5.93. The van der Waals surface area contributed by atoms with Crippen LogP contribution in [0.25, 0.3) is 22.3 Å². The predicted octanol–water partition coefficient (Wildman–Crippen LogP) is 3.79. The molecule has 0 atom stereocenters. The molecule has 0 spiro atoms. The highest BCUT2D eigenvalue weighted by Gasteiger charge is 2.12. The third-order valence-electron chi connectivity index (χ3n) is 3.33. The average molecular weight is 292 g/mol. The molecule has 3 rings (SSSR count). The zero-order valence-corrected chi connectivity index (χ0v) is 11.8. The fourth-order valence-electron chi connectivity index (χ4n) is 2.29. The lowest BCUT2D eigenvalue weighted by Gasteiger charge is -2.01. The van der Waals surface area contributed by atoms with Crippen molar-refractivity contribution in [1.82, 2.24) is 0 Å². The van der Waals surface area contributed by atoms with Gasteiger partial charge in [-0.15, -0.1) is 0 Å². The van der Waals surface area contributed by atoms with Crippen molar-refractivity contribution in [3.63, 3.8) is 0 Å². The van der Waals surface area contributed by atoms with E-state index >= 15 is 0 Å². The molecular formula is C17H12N2O3. The molecule has 108 valence electrons. The van der Waals surface area contributed by atoms with Crippen molar-refractivity contribution in [3.05, 3.63) is 53.6 Å². The number of fused-ring (bicyclic) bond motifs is 1. The Hall–Kier alpha value is -3.26. The SMILES string of the molecule is COc1cc(/C=N/O)cc2cc(-c3ccc(C#N)cc3)oc12. The predicted molar refractivity (Wildman–Crippen MR) is 82.3 cm³/mol. The van der Waals surface area contributed by atoms with Crippen LogP contribution in [0.15, 0.2) is 52.0 Å². The van der Waals surface area contributed by atoms with Crippen molar-refractivity contribution in [2.24, 2.45) is 5.16 Å². The smallest absolute Gasteiger partial charge is 0.176 e. The Morgan fingerprint density at radius 1 is 1.23 bits per heavy atom. The molecule has 0 fully saturated rings. The van der Waals surface area contributed by atoms with Crippen molar-refractivity contribution in [2.75, 3.05) is 7.11 Å². The van der Waals surface area contributed by atoms with Crippen LogP contribution in [0.3, 0.4) is 0 Å². The Balaban J connectivity index is 2.13. The van der Waals surface area contributed by atoms with Gasteiger partial charge >= 0.3 is 0 Å². The molecule has 1 N–H and O–H groups in total. The molecule has 1 heterocycles. The summed E-state index contributed by atoms with van der Waals surface area (Å²) in [6, 6.07) is 14.7. The van der Waals surface area contributed by atoms with Gasteiger partial charge in [0.2, 0.25) is 0 Å². The molecule has 0 amide bonds. The Bertz CT molecular complexity index is 887. The van der Waals surface area contributed by atoms with E-state index in [0.717, 1.165) is 10.9 Å². The van der Waals surface area contributed by atoms with Gasteiger partial charge in [0.05, 0.1) is 25.0 Å². The highest BCUT2D eigenvalue weighted by Crippen LogP contribution is 2.34.